The maximum absolute atomic E-state index is 10.6. The molecule has 2 rings (SSSR count). The fourth-order valence-electron chi connectivity index (χ4n) is 2.18. The van der Waals surface area contributed by atoms with Crippen LogP contribution in [-0.4, -0.2) is 17.7 Å². The van der Waals surface area contributed by atoms with Gasteiger partial charge in [-0.15, -0.1) is 11.3 Å². The molecule has 1 N–H and O–H groups in total. The fourth-order valence-corrected chi connectivity index (χ4v) is 2.87. The lowest BCUT2D eigenvalue weighted by atomic mass is 10.1. The van der Waals surface area contributed by atoms with Crippen molar-refractivity contribution < 1.29 is 14.6 Å². The summed E-state index contributed by atoms with van der Waals surface area (Å²) < 4.78 is 5.89. The van der Waals surface area contributed by atoms with E-state index in [1.807, 2.05) is 32.0 Å². The van der Waals surface area contributed by atoms with Gasteiger partial charge in [-0.3, -0.25) is 0 Å². The summed E-state index contributed by atoms with van der Waals surface area (Å²) in [4.78, 5) is 11.9. The molecule has 0 fully saturated rings. The number of carbonyl (C=O) groups is 1. The molecule has 0 aliphatic heterocycles. The Morgan fingerprint density at radius 1 is 1.33 bits per heavy atom. The summed E-state index contributed by atoms with van der Waals surface area (Å²) in [6, 6.07) is 8.02. The third-order valence-electron chi connectivity index (χ3n) is 3.08. The smallest absolute Gasteiger partial charge is 0.328 e. The van der Waals surface area contributed by atoms with E-state index in [1.165, 1.54) is 4.88 Å². The van der Waals surface area contributed by atoms with Gasteiger partial charge >= 0.3 is 5.97 Å². The molecule has 0 radical (unpaired) electrons. The zero-order chi connectivity index (χ0) is 15.2. The second-order valence-corrected chi connectivity index (χ2v) is 5.87. The number of rotatable bonds is 6. The van der Waals surface area contributed by atoms with Gasteiger partial charge in [0.15, 0.2) is 0 Å². The summed E-state index contributed by atoms with van der Waals surface area (Å²) >= 11 is 1.73. The number of carboxylic acids is 1. The second-order valence-electron chi connectivity index (χ2n) is 4.83. The van der Waals surface area contributed by atoms with Gasteiger partial charge in [0.05, 0.1) is 6.61 Å². The topological polar surface area (TPSA) is 46.5 Å². The van der Waals surface area contributed by atoms with Gasteiger partial charge in [-0.1, -0.05) is 6.07 Å². The van der Waals surface area contributed by atoms with E-state index in [1.54, 1.807) is 17.4 Å². The van der Waals surface area contributed by atoms with Crippen molar-refractivity contribution in [2.45, 2.75) is 20.3 Å². The van der Waals surface area contributed by atoms with Gasteiger partial charge in [-0.05, 0) is 60.2 Å². The fraction of sp³-hybridized carbons (Fsp3) is 0.235. The van der Waals surface area contributed by atoms with Crippen LogP contribution in [0.3, 0.4) is 0 Å². The normalized spacial score (nSPS) is 11.0. The molecule has 110 valence electrons. The number of benzene rings is 1. The summed E-state index contributed by atoms with van der Waals surface area (Å²) in [6.45, 7) is 4.60. The van der Waals surface area contributed by atoms with Gasteiger partial charge in [-0.25, -0.2) is 4.79 Å². The van der Waals surface area contributed by atoms with E-state index in [9.17, 15) is 4.79 Å². The first-order chi connectivity index (χ1) is 10.1. The predicted octanol–water partition coefficient (Wildman–Crippen LogP) is 4.08. The quantitative estimate of drug-likeness (QED) is 0.818. The van der Waals surface area contributed by atoms with E-state index >= 15 is 0 Å². The molecular formula is C17H18O3S. The summed E-state index contributed by atoms with van der Waals surface area (Å²) in [5.74, 6) is -0.0550. The van der Waals surface area contributed by atoms with Crippen molar-refractivity contribution in [2.24, 2.45) is 0 Å². The average molecular weight is 302 g/mol. The molecule has 0 aliphatic carbocycles. The van der Waals surface area contributed by atoms with E-state index in [2.05, 4.69) is 11.4 Å². The van der Waals surface area contributed by atoms with Crippen molar-refractivity contribution >= 4 is 23.4 Å². The molecule has 0 spiro atoms. The molecule has 0 atom stereocenters. The Hall–Kier alpha value is -2.07. The zero-order valence-corrected chi connectivity index (χ0v) is 12.9. The molecule has 0 aliphatic rings. The highest BCUT2D eigenvalue weighted by Gasteiger charge is 2.06. The van der Waals surface area contributed by atoms with E-state index < -0.39 is 5.97 Å². The van der Waals surface area contributed by atoms with Gasteiger partial charge in [0.1, 0.15) is 5.75 Å². The minimum absolute atomic E-state index is 0.645. The van der Waals surface area contributed by atoms with Crippen molar-refractivity contribution in [1.82, 2.24) is 0 Å². The molecule has 2 aromatic rings. The Morgan fingerprint density at radius 2 is 2.05 bits per heavy atom. The van der Waals surface area contributed by atoms with Crippen molar-refractivity contribution in [1.29, 1.82) is 0 Å². The third-order valence-corrected chi connectivity index (χ3v) is 4.01. The van der Waals surface area contributed by atoms with Crippen LogP contribution >= 0.6 is 11.3 Å². The molecule has 0 bridgehead atoms. The molecule has 21 heavy (non-hydrogen) atoms. The Kier molecular flexibility index (Phi) is 5.17. The van der Waals surface area contributed by atoms with Crippen LogP contribution in [0.2, 0.25) is 0 Å². The molecule has 1 aromatic heterocycles. The highest BCUT2D eigenvalue weighted by Crippen LogP contribution is 2.25. The lowest BCUT2D eigenvalue weighted by Gasteiger charge is -2.13. The number of aliphatic carboxylic acids is 1. The lowest BCUT2D eigenvalue weighted by Crippen LogP contribution is -2.03. The largest absolute Gasteiger partial charge is 0.493 e. The minimum atomic E-state index is -0.943. The van der Waals surface area contributed by atoms with Crippen LogP contribution in [0.15, 0.2) is 35.7 Å². The number of ether oxygens (including phenoxy) is 1. The summed E-state index contributed by atoms with van der Waals surface area (Å²) in [5.41, 5.74) is 2.91. The summed E-state index contributed by atoms with van der Waals surface area (Å²) in [5, 5.41) is 10.7. The van der Waals surface area contributed by atoms with E-state index in [-0.39, 0.29) is 0 Å². The average Bonchev–Trinajstić information content (AvgIpc) is 2.92. The van der Waals surface area contributed by atoms with Gasteiger partial charge in [0, 0.05) is 17.4 Å². The predicted molar refractivity (Wildman–Crippen MR) is 86.1 cm³/mol. The Labute approximate surface area is 128 Å². The van der Waals surface area contributed by atoms with Crippen molar-refractivity contribution in [3.05, 3.63) is 57.3 Å². The molecule has 0 unspecified atom stereocenters. The van der Waals surface area contributed by atoms with Crippen LogP contribution in [0, 0.1) is 13.8 Å². The summed E-state index contributed by atoms with van der Waals surface area (Å²) in [6.07, 6.45) is 3.64. The third kappa shape index (κ3) is 4.46. The lowest BCUT2D eigenvalue weighted by molar-refractivity contribution is -0.131. The van der Waals surface area contributed by atoms with Crippen LogP contribution in [0.4, 0.5) is 0 Å². The minimum Gasteiger partial charge on any atom is -0.493 e. The van der Waals surface area contributed by atoms with Crippen LogP contribution in [0.1, 0.15) is 21.6 Å². The van der Waals surface area contributed by atoms with Crippen molar-refractivity contribution in [3.8, 4) is 5.75 Å². The Bertz CT molecular complexity index is 619. The SMILES string of the molecule is Cc1cc(C=CC(=O)O)cc(C)c1OCCc1cccs1. The molecule has 0 saturated carbocycles. The second kappa shape index (κ2) is 7.09. The molecule has 0 saturated heterocycles. The monoisotopic (exact) mass is 302 g/mol. The maximum atomic E-state index is 10.6. The number of aryl methyl sites for hydroxylation is 2. The van der Waals surface area contributed by atoms with Crippen molar-refractivity contribution in [2.75, 3.05) is 6.61 Å². The number of carboxylic acid groups (broad SMARTS) is 1. The van der Waals surface area contributed by atoms with Crippen molar-refractivity contribution in [3.63, 3.8) is 0 Å². The Morgan fingerprint density at radius 3 is 2.62 bits per heavy atom. The first kappa shape index (κ1) is 15.3. The molecule has 0 amide bonds. The molecule has 1 aromatic carbocycles. The highest BCUT2D eigenvalue weighted by atomic mass is 32.1. The van der Waals surface area contributed by atoms with Crippen LogP contribution in [-0.2, 0) is 11.2 Å². The first-order valence-corrected chi connectivity index (χ1v) is 7.61. The molecular weight excluding hydrogens is 284 g/mol. The van der Waals surface area contributed by atoms with E-state index in [0.717, 1.165) is 34.9 Å². The highest BCUT2D eigenvalue weighted by molar-refractivity contribution is 7.09. The van der Waals surface area contributed by atoms with Gasteiger partial charge in [-0.2, -0.15) is 0 Å². The number of hydrogen-bond acceptors (Lipinski definition) is 3. The zero-order valence-electron chi connectivity index (χ0n) is 12.1. The number of thiophene rings is 1. The van der Waals surface area contributed by atoms with Gasteiger partial charge < -0.3 is 9.84 Å². The molecule has 3 nitrogen and oxygen atoms in total. The van der Waals surface area contributed by atoms with Crippen LogP contribution in [0.25, 0.3) is 6.08 Å². The van der Waals surface area contributed by atoms with Gasteiger partial charge in [0.2, 0.25) is 0 Å². The van der Waals surface area contributed by atoms with Gasteiger partial charge in [0.25, 0.3) is 0 Å². The maximum Gasteiger partial charge on any atom is 0.328 e. The van der Waals surface area contributed by atoms with Crippen LogP contribution < -0.4 is 4.74 Å². The summed E-state index contributed by atoms with van der Waals surface area (Å²) in [7, 11) is 0. The van der Waals surface area contributed by atoms with E-state index in [0.29, 0.717) is 6.61 Å². The van der Waals surface area contributed by atoms with E-state index in [4.69, 9.17) is 9.84 Å². The number of hydrogen-bond donors (Lipinski definition) is 1. The molecule has 4 heteroatoms. The van der Waals surface area contributed by atoms with Crippen LogP contribution in [0.5, 0.6) is 5.75 Å². The Balaban J connectivity index is 2.04. The first-order valence-electron chi connectivity index (χ1n) is 6.73. The standard InChI is InChI=1S/C17H18O3S/c1-12-10-14(5-6-16(18)19)11-13(2)17(12)20-8-7-15-4-3-9-21-15/h3-6,9-11H,7-8H2,1-2H3,(H,18,19). The molecule has 1 heterocycles.